The van der Waals surface area contributed by atoms with Gasteiger partial charge in [0.2, 0.25) is 0 Å². The highest BCUT2D eigenvalue weighted by molar-refractivity contribution is 6.34. The van der Waals surface area contributed by atoms with E-state index >= 15 is 0 Å². The molecule has 1 aliphatic heterocycles. The van der Waals surface area contributed by atoms with Gasteiger partial charge in [0.05, 0.1) is 22.1 Å². The molecule has 1 fully saturated rings. The summed E-state index contributed by atoms with van der Waals surface area (Å²) in [4.78, 5) is 14.6. The number of nitrogen functional groups attached to an aromatic ring is 1. The molecular formula is C18H20ClN3O. The number of nitrogens with two attached hydrogens (primary N) is 1. The molecule has 0 unspecified atom stereocenters. The van der Waals surface area contributed by atoms with Crippen molar-refractivity contribution in [2.75, 3.05) is 29.0 Å². The molecule has 1 aliphatic rings. The SMILES string of the molecule is Cc1ccc(C(=O)Nc2cc(N3CCCC3)c(N)cc2Cl)cc1. The average Bonchev–Trinajstić information content (AvgIpc) is 3.04. The molecule has 5 heteroatoms. The molecular weight excluding hydrogens is 310 g/mol. The quantitative estimate of drug-likeness (QED) is 0.834. The first-order valence-electron chi connectivity index (χ1n) is 7.76. The van der Waals surface area contributed by atoms with E-state index in [-0.39, 0.29) is 5.91 Å². The van der Waals surface area contributed by atoms with Crippen molar-refractivity contribution < 1.29 is 4.79 Å². The number of hydrogen-bond acceptors (Lipinski definition) is 3. The first-order valence-corrected chi connectivity index (χ1v) is 8.14. The number of benzene rings is 2. The van der Waals surface area contributed by atoms with Gasteiger partial charge in [0.25, 0.3) is 5.91 Å². The molecule has 0 saturated carbocycles. The van der Waals surface area contributed by atoms with Crippen molar-refractivity contribution in [3.05, 3.63) is 52.5 Å². The van der Waals surface area contributed by atoms with Crippen molar-refractivity contribution in [3.8, 4) is 0 Å². The topological polar surface area (TPSA) is 58.4 Å². The van der Waals surface area contributed by atoms with Crippen molar-refractivity contribution in [3.63, 3.8) is 0 Å². The number of hydrogen-bond donors (Lipinski definition) is 2. The molecule has 3 N–H and O–H groups in total. The lowest BCUT2D eigenvalue weighted by atomic mass is 10.1. The van der Waals surface area contributed by atoms with Crippen LogP contribution >= 0.6 is 11.6 Å². The summed E-state index contributed by atoms with van der Waals surface area (Å²) in [6, 6.07) is 11.0. The van der Waals surface area contributed by atoms with E-state index in [9.17, 15) is 4.79 Å². The Labute approximate surface area is 141 Å². The highest BCUT2D eigenvalue weighted by atomic mass is 35.5. The fraction of sp³-hybridized carbons (Fsp3) is 0.278. The van der Waals surface area contributed by atoms with Crippen LogP contribution in [0.2, 0.25) is 5.02 Å². The van der Waals surface area contributed by atoms with Crippen LogP contribution in [0.15, 0.2) is 36.4 Å². The lowest BCUT2D eigenvalue weighted by Crippen LogP contribution is -2.20. The minimum Gasteiger partial charge on any atom is -0.397 e. The van der Waals surface area contributed by atoms with Crippen molar-refractivity contribution in [1.82, 2.24) is 0 Å². The van der Waals surface area contributed by atoms with Crippen LogP contribution < -0.4 is 16.0 Å². The largest absolute Gasteiger partial charge is 0.397 e. The summed E-state index contributed by atoms with van der Waals surface area (Å²) in [5.74, 6) is -0.177. The number of rotatable bonds is 3. The normalized spacial score (nSPS) is 14.1. The Kier molecular flexibility index (Phi) is 4.44. The maximum absolute atomic E-state index is 12.4. The van der Waals surface area contributed by atoms with E-state index in [0.29, 0.717) is 22.0 Å². The summed E-state index contributed by atoms with van der Waals surface area (Å²) in [5.41, 5.74) is 9.98. The Hall–Kier alpha value is -2.20. The highest BCUT2D eigenvalue weighted by Gasteiger charge is 2.18. The third kappa shape index (κ3) is 3.42. The molecule has 1 saturated heterocycles. The van der Waals surface area contributed by atoms with Crippen LogP contribution in [0.5, 0.6) is 0 Å². The van der Waals surface area contributed by atoms with E-state index < -0.39 is 0 Å². The van der Waals surface area contributed by atoms with E-state index in [1.165, 1.54) is 0 Å². The molecule has 0 bridgehead atoms. The van der Waals surface area contributed by atoms with Gasteiger partial charge >= 0.3 is 0 Å². The minimum atomic E-state index is -0.177. The van der Waals surface area contributed by atoms with Crippen LogP contribution in [0.1, 0.15) is 28.8 Å². The van der Waals surface area contributed by atoms with Crippen LogP contribution in [-0.2, 0) is 0 Å². The number of carbonyl (C=O) groups excluding carboxylic acids is 1. The molecule has 2 aromatic carbocycles. The maximum atomic E-state index is 12.4. The van der Waals surface area contributed by atoms with Crippen LogP contribution in [0.4, 0.5) is 17.1 Å². The number of amides is 1. The summed E-state index contributed by atoms with van der Waals surface area (Å²) in [7, 11) is 0. The Morgan fingerprint density at radius 3 is 2.48 bits per heavy atom. The molecule has 0 radical (unpaired) electrons. The van der Waals surface area contributed by atoms with Gasteiger partial charge in [-0.3, -0.25) is 4.79 Å². The molecule has 2 aromatic rings. The first-order chi connectivity index (χ1) is 11.0. The minimum absolute atomic E-state index is 0.177. The molecule has 1 amide bonds. The zero-order valence-corrected chi connectivity index (χ0v) is 13.9. The predicted octanol–water partition coefficient (Wildman–Crippen LogP) is 4.08. The molecule has 0 spiro atoms. The van der Waals surface area contributed by atoms with Crippen molar-refractivity contribution in [2.24, 2.45) is 0 Å². The Morgan fingerprint density at radius 2 is 1.83 bits per heavy atom. The highest BCUT2D eigenvalue weighted by Crippen LogP contribution is 2.35. The second-order valence-electron chi connectivity index (χ2n) is 5.91. The Bertz CT molecular complexity index is 722. The van der Waals surface area contributed by atoms with Gasteiger partial charge in [-0.15, -0.1) is 0 Å². The van der Waals surface area contributed by atoms with E-state index in [1.807, 2.05) is 25.1 Å². The van der Waals surface area contributed by atoms with E-state index in [4.69, 9.17) is 17.3 Å². The van der Waals surface area contributed by atoms with Gasteiger partial charge in [-0.25, -0.2) is 0 Å². The van der Waals surface area contributed by atoms with Gasteiger partial charge in [-0.2, -0.15) is 0 Å². The average molecular weight is 330 g/mol. The van der Waals surface area contributed by atoms with Gasteiger partial charge in [-0.05, 0) is 44.0 Å². The second-order valence-corrected chi connectivity index (χ2v) is 6.31. The second kappa shape index (κ2) is 6.50. The molecule has 0 aromatic heterocycles. The van der Waals surface area contributed by atoms with Crippen LogP contribution in [0, 0.1) is 6.92 Å². The zero-order valence-electron chi connectivity index (χ0n) is 13.1. The molecule has 23 heavy (non-hydrogen) atoms. The number of anilines is 3. The van der Waals surface area contributed by atoms with Crippen LogP contribution in [0.25, 0.3) is 0 Å². The van der Waals surface area contributed by atoms with Gasteiger partial charge in [0.1, 0.15) is 0 Å². The zero-order chi connectivity index (χ0) is 16.4. The van der Waals surface area contributed by atoms with Gasteiger partial charge < -0.3 is 16.0 Å². The molecule has 3 rings (SSSR count). The molecule has 0 atom stereocenters. The van der Waals surface area contributed by atoms with Crippen molar-refractivity contribution in [1.29, 1.82) is 0 Å². The van der Waals surface area contributed by atoms with Crippen molar-refractivity contribution in [2.45, 2.75) is 19.8 Å². The number of halogens is 1. The molecule has 4 nitrogen and oxygen atoms in total. The Morgan fingerprint density at radius 1 is 1.17 bits per heavy atom. The number of carbonyl (C=O) groups is 1. The predicted molar refractivity (Wildman–Crippen MR) is 96.4 cm³/mol. The standard InChI is InChI=1S/C18H20ClN3O/c1-12-4-6-13(7-5-12)18(23)21-16-11-17(15(20)10-14(16)19)22-8-2-3-9-22/h4-7,10-11H,2-3,8-9,20H2,1H3,(H,21,23). The fourth-order valence-corrected chi connectivity index (χ4v) is 3.02. The summed E-state index contributed by atoms with van der Waals surface area (Å²) in [5, 5.41) is 3.33. The monoisotopic (exact) mass is 329 g/mol. The number of aryl methyl sites for hydroxylation is 1. The molecule has 0 aliphatic carbocycles. The maximum Gasteiger partial charge on any atom is 0.255 e. The smallest absolute Gasteiger partial charge is 0.255 e. The summed E-state index contributed by atoms with van der Waals surface area (Å²) in [6.45, 7) is 3.95. The third-order valence-corrected chi connectivity index (χ3v) is 4.44. The first kappa shape index (κ1) is 15.7. The van der Waals surface area contributed by atoms with Crippen molar-refractivity contribution >= 4 is 34.6 Å². The lowest BCUT2D eigenvalue weighted by molar-refractivity contribution is 0.102. The fourth-order valence-electron chi connectivity index (χ4n) is 2.80. The Balaban J connectivity index is 1.85. The van der Waals surface area contributed by atoms with Gasteiger partial charge in [0, 0.05) is 18.7 Å². The van der Waals surface area contributed by atoms with Crippen LogP contribution in [0.3, 0.4) is 0 Å². The van der Waals surface area contributed by atoms with Gasteiger partial charge in [-0.1, -0.05) is 29.3 Å². The number of nitrogens with one attached hydrogen (secondary N) is 1. The van der Waals surface area contributed by atoms with Gasteiger partial charge in [0.15, 0.2) is 0 Å². The third-order valence-electron chi connectivity index (χ3n) is 4.13. The van der Waals surface area contributed by atoms with E-state index in [0.717, 1.165) is 37.2 Å². The summed E-state index contributed by atoms with van der Waals surface area (Å²) in [6.07, 6.45) is 2.32. The number of nitrogens with zero attached hydrogens (tertiary/aromatic N) is 1. The molecule has 120 valence electrons. The molecule has 1 heterocycles. The lowest BCUT2D eigenvalue weighted by Gasteiger charge is -2.21. The van der Waals surface area contributed by atoms with E-state index in [2.05, 4.69) is 10.2 Å². The summed E-state index contributed by atoms with van der Waals surface area (Å²) < 4.78 is 0. The van der Waals surface area contributed by atoms with Crippen LogP contribution in [-0.4, -0.2) is 19.0 Å². The summed E-state index contributed by atoms with van der Waals surface area (Å²) >= 11 is 6.25. The van der Waals surface area contributed by atoms with E-state index in [1.54, 1.807) is 18.2 Å².